The van der Waals surface area contributed by atoms with E-state index >= 15 is 0 Å². The van der Waals surface area contributed by atoms with E-state index in [0.29, 0.717) is 10.6 Å². The Kier molecular flexibility index (Phi) is 3.47. The number of nitrogens with one attached hydrogen (secondary N) is 1. The van der Waals surface area contributed by atoms with Gasteiger partial charge in [0.1, 0.15) is 11.6 Å². The van der Waals surface area contributed by atoms with Gasteiger partial charge in [-0.25, -0.2) is 4.39 Å². The molecule has 0 aliphatic carbocycles. The van der Waals surface area contributed by atoms with E-state index in [1.165, 1.54) is 12.1 Å². The van der Waals surface area contributed by atoms with Crippen molar-refractivity contribution in [1.29, 1.82) is 0 Å². The van der Waals surface area contributed by atoms with Crippen LogP contribution in [0.4, 0.5) is 4.39 Å². The summed E-state index contributed by atoms with van der Waals surface area (Å²) in [6, 6.07) is 13.8. The summed E-state index contributed by atoms with van der Waals surface area (Å²) in [4.78, 5) is 0. The van der Waals surface area contributed by atoms with Crippen LogP contribution < -0.4 is 5.32 Å². The Balaban J connectivity index is 2.07. The lowest BCUT2D eigenvalue weighted by Crippen LogP contribution is -2.16. The third-order valence-corrected chi connectivity index (χ3v) is 3.59. The highest BCUT2D eigenvalue weighted by Gasteiger charge is 2.17. The molecule has 3 aromatic rings. The molecule has 1 atom stereocenters. The van der Waals surface area contributed by atoms with Crippen molar-refractivity contribution >= 4 is 22.6 Å². The monoisotopic (exact) mass is 289 g/mol. The fourth-order valence-corrected chi connectivity index (χ4v) is 2.54. The number of benzene rings is 2. The van der Waals surface area contributed by atoms with Crippen LogP contribution in [0.15, 0.2) is 52.9 Å². The fraction of sp³-hybridized carbons (Fsp3) is 0.125. The van der Waals surface area contributed by atoms with Crippen LogP contribution in [0.1, 0.15) is 17.4 Å². The van der Waals surface area contributed by atoms with Gasteiger partial charge in [0, 0.05) is 5.39 Å². The van der Waals surface area contributed by atoms with Gasteiger partial charge in [-0.1, -0.05) is 35.9 Å². The van der Waals surface area contributed by atoms with Crippen LogP contribution in [0, 0.1) is 5.82 Å². The molecule has 0 spiro atoms. The predicted octanol–water partition coefficient (Wildman–Crippen LogP) is 4.53. The van der Waals surface area contributed by atoms with Crippen LogP contribution in [-0.4, -0.2) is 7.05 Å². The highest BCUT2D eigenvalue weighted by molar-refractivity contribution is 6.34. The van der Waals surface area contributed by atoms with Crippen LogP contribution in [-0.2, 0) is 0 Å². The van der Waals surface area contributed by atoms with Gasteiger partial charge < -0.3 is 9.73 Å². The second-order valence-electron chi connectivity index (χ2n) is 4.58. The van der Waals surface area contributed by atoms with E-state index in [4.69, 9.17) is 16.0 Å². The molecule has 0 fully saturated rings. The molecule has 0 saturated heterocycles. The fourth-order valence-electron chi connectivity index (χ4n) is 2.32. The zero-order valence-corrected chi connectivity index (χ0v) is 11.6. The van der Waals surface area contributed by atoms with Gasteiger partial charge in [-0.2, -0.15) is 0 Å². The summed E-state index contributed by atoms with van der Waals surface area (Å²) in [6.45, 7) is 0. The van der Waals surface area contributed by atoms with Crippen molar-refractivity contribution in [1.82, 2.24) is 5.32 Å². The maximum Gasteiger partial charge on any atom is 0.152 e. The first-order valence-electron chi connectivity index (χ1n) is 6.29. The van der Waals surface area contributed by atoms with E-state index in [9.17, 15) is 4.39 Å². The molecular weight excluding hydrogens is 277 g/mol. The SMILES string of the molecule is CNC(c1ccc(F)cc1)c1cc2cccc(Cl)c2o1. The lowest BCUT2D eigenvalue weighted by molar-refractivity contribution is 0.491. The van der Waals surface area contributed by atoms with Gasteiger partial charge >= 0.3 is 0 Å². The third-order valence-electron chi connectivity index (χ3n) is 3.29. The quantitative estimate of drug-likeness (QED) is 0.766. The first kappa shape index (κ1) is 13.2. The highest BCUT2D eigenvalue weighted by atomic mass is 35.5. The van der Waals surface area contributed by atoms with Crippen molar-refractivity contribution < 1.29 is 8.81 Å². The van der Waals surface area contributed by atoms with E-state index < -0.39 is 0 Å². The average Bonchev–Trinajstić information content (AvgIpc) is 2.87. The molecule has 2 aromatic carbocycles. The number of furan rings is 1. The summed E-state index contributed by atoms with van der Waals surface area (Å²) < 4.78 is 18.9. The summed E-state index contributed by atoms with van der Waals surface area (Å²) in [6.07, 6.45) is 0. The lowest BCUT2D eigenvalue weighted by Gasteiger charge is -2.13. The first-order valence-corrected chi connectivity index (χ1v) is 6.67. The molecule has 2 nitrogen and oxygen atoms in total. The van der Waals surface area contributed by atoms with E-state index in [-0.39, 0.29) is 11.9 Å². The average molecular weight is 290 g/mol. The molecule has 0 radical (unpaired) electrons. The summed E-state index contributed by atoms with van der Waals surface area (Å²) in [7, 11) is 1.84. The van der Waals surface area contributed by atoms with Crippen LogP contribution in [0.25, 0.3) is 11.0 Å². The van der Waals surface area contributed by atoms with Gasteiger partial charge in [0.25, 0.3) is 0 Å². The third kappa shape index (κ3) is 2.30. The Morgan fingerprint density at radius 3 is 2.55 bits per heavy atom. The van der Waals surface area contributed by atoms with Gasteiger partial charge in [-0.05, 0) is 36.9 Å². The number of halogens is 2. The molecule has 3 rings (SSSR count). The van der Waals surface area contributed by atoms with Crippen LogP contribution in [0.3, 0.4) is 0 Å². The van der Waals surface area contributed by atoms with Gasteiger partial charge in [0.15, 0.2) is 5.58 Å². The standard InChI is InChI=1S/C16H13ClFNO/c1-19-15(10-5-7-12(18)8-6-10)14-9-11-3-2-4-13(17)16(11)20-14/h2-9,15,19H,1H3. The van der Waals surface area contributed by atoms with E-state index in [1.807, 2.05) is 25.2 Å². The number of hydrogen-bond donors (Lipinski definition) is 1. The Bertz CT molecular complexity index is 736. The van der Waals surface area contributed by atoms with Crippen molar-refractivity contribution in [2.75, 3.05) is 7.05 Å². The molecule has 0 bridgehead atoms. The molecule has 1 aromatic heterocycles. The Hall–Kier alpha value is -1.84. The molecule has 1 N–H and O–H groups in total. The smallest absolute Gasteiger partial charge is 0.152 e. The van der Waals surface area contributed by atoms with Crippen molar-refractivity contribution in [2.24, 2.45) is 0 Å². The summed E-state index contributed by atoms with van der Waals surface area (Å²) in [5.74, 6) is 0.499. The molecule has 1 unspecified atom stereocenters. The highest BCUT2D eigenvalue weighted by Crippen LogP contribution is 2.31. The molecule has 0 aliphatic heterocycles. The van der Waals surface area contributed by atoms with E-state index in [2.05, 4.69) is 5.32 Å². The Morgan fingerprint density at radius 2 is 1.90 bits per heavy atom. The Labute approximate surface area is 121 Å². The molecule has 0 amide bonds. The minimum atomic E-state index is -0.253. The zero-order valence-electron chi connectivity index (χ0n) is 10.9. The van der Waals surface area contributed by atoms with Gasteiger partial charge in [0.2, 0.25) is 0 Å². The number of rotatable bonds is 3. The molecular formula is C16H13ClFNO. The molecule has 102 valence electrons. The first-order chi connectivity index (χ1) is 9.69. The summed E-state index contributed by atoms with van der Waals surface area (Å²) >= 11 is 6.12. The topological polar surface area (TPSA) is 25.2 Å². The number of fused-ring (bicyclic) bond motifs is 1. The molecule has 4 heteroatoms. The minimum Gasteiger partial charge on any atom is -0.457 e. The van der Waals surface area contributed by atoms with E-state index in [1.54, 1.807) is 18.2 Å². The molecule has 1 heterocycles. The summed E-state index contributed by atoms with van der Waals surface area (Å²) in [5, 5.41) is 4.71. The van der Waals surface area contributed by atoms with Gasteiger partial charge in [-0.15, -0.1) is 0 Å². The van der Waals surface area contributed by atoms with Crippen molar-refractivity contribution in [2.45, 2.75) is 6.04 Å². The number of hydrogen-bond acceptors (Lipinski definition) is 2. The Morgan fingerprint density at radius 1 is 1.15 bits per heavy atom. The van der Waals surface area contributed by atoms with Crippen molar-refractivity contribution in [3.05, 3.63) is 70.7 Å². The maximum absolute atomic E-state index is 13.0. The predicted molar refractivity (Wildman–Crippen MR) is 78.5 cm³/mol. The van der Waals surface area contributed by atoms with E-state index in [0.717, 1.165) is 16.7 Å². The van der Waals surface area contributed by atoms with Gasteiger partial charge in [0.05, 0.1) is 11.1 Å². The van der Waals surface area contributed by atoms with Crippen LogP contribution in [0.2, 0.25) is 5.02 Å². The summed E-state index contributed by atoms with van der Waals surface area (Å²) in [5.41, 5.74) is 1.61. The van der Waals surface area contributed by atoms with Crippen LogP contribution >= 0.6 is 11.6 Å². The normalized spacial score (nSPS) is 12.8. The second kappa shape index (κ2) is 5.27. The molecule has 0 aliphatic rings. The van der Waals surface area contributed by atoms with Crippen molar-refractivity contribution in [3.8, 4) is 0 Å². The number of para-hydroxylation sites is 1. The maximum atomic E-state index is 13.0. The van der Waals surface area contributed by atoms with Crippen molar-refractivity contribution in [3.63, 3.8) is 0 Å². The molecule has 0 saturated carbocycles. The zero-order chi connectivity index (χ0) is 14.1. The minimum absolute atomic E-state index is 0.140. The van der Waals surface area contributed by atoms with Crippen LogP contribution in [0.5, 0.6) is 0 Å². The molecule has 20 heavy (non-hydrogen) atoms. The van der Waals surface area contributed by atoms with Gasteiger partial charge in [-0.3, -0.25) is 0 Å². The second-order valence-corrected chi connectivity index (χ2v) is 4.99. The largest absolute Gasteiger partial charge is 0.457 e. The lowest BCUT2D eigenvalue weighted by atomic mass is 10.0.